The van der Waals surface area contributed by atoms with Crippen LogP contribution in [0.25, 0.3) is 10.9 Å². The van der Waals surface area contributed by atoms with Crippen LogP contribution < -0.4 is 0 Å². The summed E-state index contributed by atoms with van der Waals surface area (Å²) in [6.45, 7) is 10.3. The van der Waals surface area contributed by atoms with E-state index in [-0.39, 0.29) is 5.91 Å². The molecule has 2 aromatic rings. The number of fused-ring (bicyclic) bond motifs is 1. The number of aromatic nitrogens is 2. The largest absolute Gasteiger partial charge is 0.346 e. The maximum atomic E-state index is 12.7. The molecule has 0 aliphatic carbocycles. The van der Waals surface area contributed by atoms with E-state index in [1.165, 1.54) is 11.8 Å². The molecule has 3 rings (SSSR count). The number of carbonyl (C=O) groups is 1. The summed E-state index contributed by atoms with van der Waals surface area (Å²) in [5, 5.41) is 1.18. The number of piperidine rings is 1. The summed E-state index contributed by atoms with van der Waals surface area (Å²) in [7, 11) is 0. The van der Waals surface area contributed by atoms with Crippen LogP contribution >= 0.6 is 0 Å². The number of hydrogen-bond donors (Lipinski definition) is 0. The first-order chi connectivity index (χ1) is 12.2. The van der Waals surface area contributed by atoms with Crippen molar-refractivity contribution < 1.29 is 4.79 Å². The second-order valence-corrected chi connectivity index (χ2v) is 7.03. The minimum Gasteiger partial charge on any atom is -0.346 e. The highest BCUT2D eigenvalue weighted by molar-refractivity contribution is 5.79. The van der Waals surface area contributed by atoms with E-state index in [0.717, 1.165) is 51.2 Å². The van der Waals surface area contributed by atoms with Gasteiger partial charge in [0, 0.05) is 50.4 Å². The molecule has 1 aliphatic heterocycles. The summed E-state index contributed by atoms with van der Waals surface area (Å²) in [4.78, 5) is 21.4. The Bertz CT molecular complexity index is 692. The molecule has 25 heavy (non-hydrogen) atoms. The van der Waals surface area contributed by atoms with Crippen LogP contribution in [0.1, 0.15) is 33.1 Å². The zero-order chi connectivity index (χ0) is 17.6. The van der Waals surface area contributed by atoms with Crippen molar-refractivity contribution in [3.8, 4) is 0 Å². The van der Waals surface area contributed by atoms with Gasteiger partial charge in [-0.25, -0.2) is 0 Å². The molecular weight excluding hydrogens is 312 g/mol. The maximum absolute atomic E-state index is 12.7. The molecule has 0 unspecified atom stereocenters. The lowest BCUT2D eigenvalue weighted by molar-refractivity contribution is -0.133. The van der Waals surface area contributed by atoms with Gasteiger partial charge < -0.3 is 14.4 Å². The van der Waals surface area contributed by atoms with E-state index in [4.69, 9.17) is 0 Å². The van der Waals surface area contributed by atoms with Crippen LogP contribution in [0.2, 0.25) is 0 Å². The molecule has 0 radical (unpaired) electrons. The molecule has 1 amide bonds. The normalized spacial score (nSPS) is 18.2. The van der Waals surface area contributed by atoms with Crippen molar-refractivity contribution in [3.63, 3.8) is 0 Å². The Kier molecular flexibility index (Phi) is 6.08. The Morgan fingerprint density at radius 2 is 2.16 bits per heavy atom. The van der Waals surface area contributed by atoms with Crippen molar-refractivity contribution in [1.29, 1.82) is 0 Å². The van der Waals surface area contributed by atoms with Gasteiger partial charge in [-0.1, -0.05) is 13.8 Å². The fourth-order valence-electron chi connectivity index (χ4n) is 3.89. The number of pyridine rings is 1. The molecule has 3 heterocycles. The number of amides is 1. The molecule has 1 saturated heterocycles. The van der Waals surface area contributed by atoms with Crippen molar-refractivity contribution in [2.75, 3.05) is 32.7 Å². The van der Waals surface area contributed by atoms with Gasteiger partial charge in [0.15, 0.2) is 0 Å². The molecule has 1 aliphatic rings. The van der Waals surface area contributed by atoms with E-state index < -0.39 is 0 Å². The third-order valence-electron chi connectivity index (χ3n) is 5.43. The van der Waals surface area contributed by atoms with Crippen molar-refractivity contribution in [3.05, 3.63) is 30.7 Å². The van der Waals surface area contributed by atoms with Crippen LogP contribution in [0.5, 0.6) is 0 Å². The van der Waals surface area contributed by atoms with E-state index in [1.807, 2.05) is 18.5 Å². The lowest BCUT2D eigenvalue weighted by Crippen LogP contribution is -2.44. The molecule has 5 nitrogen and oxygen atoms in total. The molecule has 5 heteroatoms. The molecule has 0 N–H and O–H groups in total. The first-order valence-electron chi connectivity index (χ1n) is 9.60. The molecular formula is C20H30N4O. The van der Waals surface area contributed by atoms with Crippen LogP contribution in [0.15, 0.2) is 30.7 Å². The monoisotopic (exact) mass is 342 g/mol. The van der Waals surface area contributed by atoms with Crippen molar-refractivity contribution in [2.24, 2.45) is 5.92 Å². The molecule has 0 bridgehead atoms. The van der Waals surface area contributed by atoms with E-state index >= 15 is 0 Å². The smallest absolute Gasteiger partial charge is 0.224 e. The summed E-state index contributed by atoms with van der Waals surface area (Å²) >= 11 is 0. The summed E-state index contributed by atoms with van der Waals surface area (Å²) in [5.41, 5.74) is 1.10. The molecule has 1 atom stereocenters. The number of hydrogen-bond acceptors (Lipinski definition) is 3. The topological polar surface area (TPSA) is 41.4 Å². The number of carbonyl (C=O) groups excluding carboxylic acids is 1. The Balaban J connectivity index is 1.54. The Morgan fingerprint density at radius 3 is 2.96 bits per heavy atom. The van der Waals surface area contributed by atoms with Crippen molar-refractivity contribution in [1.82, 2.24) is 19.4 Å². The lowest BCUT2D eigenvalue weighted by Gasteiger charge is -2.35. The van der Waals surface area contributed by atoms with Crippen molar-refractivity contribution >= 4 is 16.8 Å². The van der Waals surface area contributed by atoms with Gasteiger partial charge >= 0.3 is 0 Å². The third kappa shape index (κ3) is 4.40. The van der Waals surface area contributed by atoms with Crippen LogP contribution in [-0.4, -0.2) is 58.0 Å². The maximum Gasteiger partial charge on any atom is 0.224 e. The summed E-state index contributed by atoms with van der Waals surface area (Å²) in [6, 6.07) is 4.10. The molecule has 0 spiro atoms. The fourth-order valence-corrected chi connectivity index (χ4v) is 3.89. The van der Waals surface area contributed by atoms with Gasteiger partial charge in [-0.3, -0.25) is 9.78 Å². The number of aryl methyl sites for hydroxylation is 1. The van der Waals surface area contributed by atoms with Crippen LogP contribution in [0, 0.1) is 5.92 Å². The average molecular weight is 342 g/mol. The zero-order valence-corrected chi connectivity index (χ0v) is 15.5. The van der Waals surface area contributed by atoms with Gasteiger partial charge in [-0.15, -0.1) is 0 Å². The van der Waals surface area contributed by atoms with Gasteiger partial charge in [0.25, 0.3) is 0 Å². The number of rotatable bonds is 7. The SMILES string of the molecule is CCN(CC)C[C@H]1CCCN(C(=O)CCn2ccc3ccncc32)C1. The van der Waals surface area contributed by atoms with Crippen LogP contribution in [-0.2, 0) is 11.3 Å². The predicted octanol–water partition coefficient (Wildman–Crippen LogP) is 3.01. The number of likely N-dealkylation sites (tertiary alicyclic amines) is 1. The Labute approximate surface area is 150 Å². The quantitative estimate of drug-likeness (QED) is 0.777. The minimum absolute atomic E-state index is 0.287. The third-order valence-corrected chi connectivity index (χ3v) is 5.43. The molecule has 136 valence electrons. The average Bonchev–Trinajstić information content (AvgIpc) is 3.07. The molecule has 0 aromatic carbocycles. The second kappa shape index (κ2) is 8.48. The molecule has 2 aromatic heterocycles. The van der Waals surface area contributed by atoms with Gasteiger partial charge in [0.05, 0.1) is 11.7 Å². The predicted molar refractivity (Wildman–Crippen MR) is 101 cm³/mol. The van der Waals surface area contributed by atoms with E-state index in [9.17, 15) is 4.79 Å². The van der Waals surface area contributed by atoms with Crippen LogP contribution in [0.4, 0.5) is 0 Å². The standard InChI is InChI=1S/C20H30N4O/c1-3-22(4-2)15-17-6-5-11-24(16-17)20(25)9-13-23-12-8-18-7-10-21-14-19(18)23/h7-8,10,12,14,17H,3-6,9,11,13,15-16H2,1-2H3/t17-/m1/s1. The highest BCUT2D eigenvalue weighted by Gasteiger charge is 2.24. The van der Waals surface area contributed by atoms with Gasteiger partial charge in [-0.05, 0) is 44.0 Å². The van der Waals surface area contributed by atoms with Crippen LogP contribution in [0.3, 0.4) is 0 Å². The molecule has 0 saturated carbocycles. The summed E-state index contributed by atoms with van der Waals surface area (Å²) in [6.07, 6.45) is 8.68. The fraction of sp³-hybridized carbons (Fsp3) is 0.600. The first kappa shape index (κ1) is 17.9. The minimum atomic E-state index is 0.287. The van der Waals surface area contributed by atoms with Crippen molar-refractivity contribution in [2.45, 2.75) is 39.7 Å². The second-order valence-electron chi connectivity index (χ2n) is 7.03. The Morgan fingerprint density at radius 1 is 1.32 bits per heavy atom. The Hall–Kier alpha value is -1.88. The van der Waals surface area contributed by atoms with Gasteiger partial charge in [-0.2, -0.15) is 0 Å². The summed E-state index contributed by atoms with van der Waals surface area (Å²) in [5.74, 6) is 0.907. The number of nitrogens with zero attached hydrogens (tertiary/aromatic N) is 4. The van der Waals surface area contributed by atoms with Gasteiger partial charge in [0.2, 0.25) is 5.91 Å². The van der Waals surface area contributed by atoms with E-state index in [0.29, 0.717) is 12.3 Å². The molecule has 1 fully saturated rings. The van der Waals surface area contributed by atoms with E-state index in [1.54, 1.807) is 0 Å². The highest BCUT2D eigenvalue weighted by Crippen LogP contribution is 2.19. The lowest BCUT2D eigenvalue weighted by atomic mass is 9.97. The first-order valence-corrected chi connectivity index (χ1v) is 9.60. The highest BCUT2D eigenvalue weighted by atomic mass is 16.2. The van der Waals surface area contributed by atoms with Gasteiger partial charge in [0.1, 0.15) is 0 Å². The van der Waals surface area contributed by atoms with E-state index in [2.05, 4.69) is 45.5 Å². The zero-order valence-electron chi connectivity index (χ0n) is 15.5. The summed E-state index contributed by atoms with van der Waals surface area (Å²) < 4.78 is 2.14.